The Kier molecular flexibility index (Phi) is 3.73. The van der Waals surface area contributed by atoms with Gasteiger partial charge in [0, 0.05) is 13.1 Å². The largest absolute Gasteiger partial charge is 0.495 e. The van der Waals surface area contributed by atoms with Crippen LogP contribution in [0.4, 0.5) is 10.1 Å². The van der Waals surface area contributed by atoms with Crippen LogP contribution in [0.25, 0.3) is 0 Å². The van der Waals surface area contributed by atoms with Crippen LogP contribution in [-0.2, 0) is 9.53 Å². The van der Waals surface area contributed by atoms with Crippen molar-refractivity contribution in [3.8, 4) is 5.75 Å². The second kappa shape index (κ2) is 5.14. The summed E-state index contributed by atoms with van der Waals surface area (Å²) in [6.45, 7) is 0.0441. The van der Waals surface area contributed by atoms with Crippen LogP contribution in [0.1, 0.15) is 0 Å². The van der Waals surface area contributed by atoms with Crippen LogP contribution in [0.5, 0.6) is 5.75 Å². The maximum Gasteiger partial charge on any atom is 0.240 e. The van der Waals surface area contributed by atoms with Gasteiger partial charge in [-0.15, -0.1) is 0 Å². The molecular weight excluding hydrogens is 253 g/mol. The molecule has 1 aliphatic rings. The minimum atomic E-state index is -0.925. The Morgan fingerprint density at radius 1 is 1.58 bits per heavy atom. The highest BCUT2D eigenvalue weighted by Gasteiger charge is 2.47. The highest BCUT2D eigenvalue weighted by Crippen LogP contribution is 2.34. The maximum absolute atomic E-state index is 13.3. The number of halogens is 1. The number of aliphatic hydroxyl groups excluding tert-OH is 1. The average molecular weight is 269 g/mol. The summed E-state index contributed by atoms with van der Waals surface area (Å²) in [5.74, 6) is -0.380. The van der Waals surface area contributed by atoms with E-state index in [0.29, 0.717) is 11.4 Å². The van der Waals surface area contributed by atoms with Crippen molar-refractivity contribution >= 4 is 11.6 Å². The molecule has 0 atom stereocenters. The number of anilines is 1. The molecule has 1 aromatic carbocycles. The summed E-state index contributed by atoms with van der Waals surface area (Å²) >= 11 is 0. The number of hydrogen-bond acceptors (Lipinski definition) is 4. The average Bonchev–Trinajstić information content (AvgIpc) is 2.37. The minimum absolute atomic E-state index is 0.171. The monoisotopic (exact) mass is 269 g/mol. The first-order valence-corrected chi connectivity index (χ1v) is 5.84. The van der Waals surface area contributed by atoms with E-state index in [1.54, 1.807) is 0 Å². The molecule has 0 saturated carbocycles. The van der Waals surface area contributed by atoms with Gasteiger partial charge in [-0.05, 0) is 12.1 Å². The first kappa shape index (κ1) is 13.8. The molecule has 1 fully saturated rings. The normalized spacial score (nSPS) is 16.6. The quantitative estimate of drug-likeness (QED) is 0.878. The van der Waals surface area contributed by atoms with Gasteiger partial charge in [-0.1, -0.05) is 0 Å². The van der Waals surface area contributed by atoms with Crippen molar-refractivity contribution in [2.75, 3.05) is 38.9 Å². The lowest BCUT2D eigenvalue weighted by atomic mass is 9.85. The van der Waals surface area contributed by atoms with E-state index in [9.17, 15) is 14.3 Å². The topological polar surface area (TPSA) is 59.0 Å². The zero-order valence-corrected chi connectivity index (χ0v) is 10.9. The number of rotatable bonds is 4. The Morgan fingerprint density at radius 3 is 2.74 bits per heavy atom. The van der Waals surface area contributed by atoms with Crippen molar-refractivity contribution in [3.05, 3.63) is 24.0 Å². The fourth-order valence-corrected chi connectivity index (χ4v) is 2.02. The van der Waals surface area contributed by atoms with Gasteiger partial charge in [0.25, 0.3) is 0 Å². The van der Waals surface area contributed by atoms with Crippen LogP contribution in [0.15, 0.2) is 18.2 Å². The molecule has 1 saturated heterocycles. The molecular formula is C13H16FNO4. The summed E-state index contributed by atoms with van der Waals surface area (Å²) in [4.78, 5) is 13.7. The van der Waals surface area contributed by atoms with Gasteiger partial charge in [0.2, 0.25) is 5.91 Å². The van der Waals surface area contributed by atoms with E-state index in [0.717, 1.165) is 0 Å². The van der Waals surface area contributed by atoms with E-state index >= 15 is 0 Å². The number of benzene rings is 1. The van der Waals surface area contributed by atoms with Gasteiger partial charge in [-0.2, -0.15) is 0 Å². The molecule has 0 aliphatic carbocycles. The lowest BCUT2D eigenvalue weighted by molar-refractivity contribution is -0.166. The van der Waals surface area contributed by atoms with Gasteiger partial charge in [-0.25, -0.2) is 4.39 Å². The van der Waals surface area contributed by atoms with Crippen molar-refractivity contribution in [1.82, 2.24) is 0 Å². The molecule has 2 rings (SSSR count). The van der Waals surface area contributed by atoms with Crippen LogP contribution in [0.3, 0.4) is 0 Å². The summed E-state index contributed by atoms with van der Waals surface area (Å²) < 4.78 is 23.4. The number of carbonyl (C=O) groups excluding carboxylic acids is 1. The Labute approximate surface area is 110 Å². The molecule has 1 heterocycles. The first-order valence-electron chi connectivity index (χ1n) is 5.84. The van der Waals surface area contributed by atoms with Gasteiger partial charge in [0.05, 0.1) is 32.6 Å². The third kappa shape index (κ3) is 2.29. The Hall–Kier alpha value is -1.66. The predicted molar refractivity (Wildman–Crippen MR) is 66.7 cm³/mol. The summed E-state index contributed by atoms with van der Waals surface area (Å²) in [5, 5.41) is 9.35. The molecule has 0 aromatic heterocycles. The predicted octanol–water partition coefficient (Wildman–Crippen LogP) is 0.806. The molecule has 19 heavy (non-hydrogen) atoms. The number of carbonyl (C=O) groups is 1. The number of hydrogen-bond donors (Lipinski definition) is 1. The molecule has 0 unspecified atom stereocenters. The standard InChI is InChI=1S/C13H16FNO4/c1-15(12(17)13(6-16)7-19-8-13)10-5-9(14)3-4-11(10)18-2/h3-5,16H,6-8H2,1-2H3. The molecule has 0 bridgehead atoms. The smallest absolute Gasteiger partial charge is 0.240 e. The molecule has 0 spiro atoms. The van der Waals surface area contributed by atoms with E-state index in [1.165, 1.54) is 37.3 Å². The van der Waals surface area contributed by atoms with Crippen LogP contribution in [0, 0.1) is 11.2 Å². The first-order chi connectivity index (χ1) is 9.04. The minimum Gasteiger partial charge on any atom is -0.495 e. The van der Waals surface area contributed by atoms with Gasteiger partial charge in [-0.3, -0.25) is 4.79 Å². The third-order valence-electron chi connectivity index (χ3n) is 3.32. The lowest BCUT2D eigenvalue weighted by Crippen LogP contribution is -2.56. The number of ether oxygens (including phenoxy) is 2. The lowest BCUT2D eigenvalue weighted by Gasteiger charge is -2.40. The summed E-state index contributed by atoms with van der Waals surface area (Å²) in [6.07, 6.45) is 0. The SMILES string of the molecule is COc1ccc(F)cc1N(C)C(=O)C1(CO)COC1. The van der Waals surface area contributed by atoms with Gasteiger partial charge < -0.3 is 19.5 Å². The van der Waals surface area contributed by atoms with E-state index < -0.39 is 11.2 Å². The highest BCUT2D eigenvalue weighted by atomic mass is 19.1. The second-order valence-corrected chi connectivity index (χ2v) is 4.61. The molecule has 6 heteroatoms. The number of nitrogens with zero attached hydrogens (tertiary/aromatic N) is 1. The van der Waals surface area contributed by atoms with Crippen molar-refractivity contribution in [2.24, 2.45) is 5.41 Å². The Bertz CT molecular complexity index is 482. The van der Waals surface area contributed by atoms with Crippen LogP contribution in [-0.4, -0.2) is 45.0 Å². The van der Waals surface area contributed by atoms with Crippen molar-refractivity contribution in [2.45, 2.75) is 0 Å². The fraction of sp³-hybridized carbons (Fsp3) is 0.462. The molecule has 104 valence electrons. The highest BCUT2D eigenvalue weighted by molar-refractivity contribution is 5.99. The molecule has 1 N–H and O–H groups in total. The fourth-order valence-electron chi connectivity index (χ4n) is 2.02. The van der Waals surface area contributed by atoms with Crippen LogP contribution < -0.4 is 9.64 Å². The number of methoxy groups -OCH3 is 1. The molecule has 0 radical (unpaired) electrons. The molecule has 1 amide bonds. The van der Waals surface area contributed by atoms with Gasteiger partial charge >= 0.3 is 0 Å². The van der Waals surface area contributed by atoms with E-state index in [-0.39, 0.29) is 25.7 Å². The van der Waals surface area contributed by atoms with Crippen molar-refractivity contribution < 1.29 is 23.8 Å². The third-order valence-corrected chi connectivity index (χ3v) is 3.32. The molecule has 5 nitrogen and oxygen atoms in total. The zero-order chi connectivity index (χ0) is 14.0. The molecule has 1 aromatic rings. The maximum atomic E-state index is 13.3. The summed E-state index contributed by atoms with van der Waals surface area (Å²) in [5.41, 5.74) is -0.598. The van der Waals surface area contributed by atoms with Gasteiger partial charge in [0.1, 0.15) is 17.0 Å². The summed E-state index contributed by atoms with van der Waals surface area (Å²) in [6, 6.07) is 3.94. The van der Waals surface area contributed by atoms with E-state index in [4.69, 9.17) is 9.47 Å². The second-order valence-electron chi connectivity index (χ2n) is 4.61. The molecule has 1 aliphatic heterocycles. The number of aliphatic hydroxyl groups is 1. The van der Waals surface area contributed by atoms with E-state index in [1.807, 2.05) is 0 Å². The zero-order valence-electron chi connectivity index (χ0n) is 10.9. The van der Waals surface area contributed by atoms with E-state index in [2.05, 4.69) is 0 Å². The Morgan fingerprint density at radius 2 is 2.26 bits per heavy atom. The van der Waals surface area contributed by atoms with Crippen molar-refractivity contribution in [1.29, 1.82) is 0 Å². The number of amides is 1. The Balaban J connectivity index is 2.31. The van der Waals surface area contributed by atoms with Crippen molar-refractivity contribution in [3.63, 3.8) is 0 Å². The van der Waals surface area contributed by atoms with Crippen LogP contribution in [0.2, 0.25) is 0 Å². The van der Waals surface area contributed by atoms with Gasteiger partial charge in [0.15, 0.2) is 0 Å². The van der Waals surface area contributed by atoms with Crippen LogP contribution >= 0.6 is 0 Å². The summed E-state index contributed by atoms with van der Waals surface area (Å²) in [7, 11) is 2.97.